The predicted octanol–water partition coefficient (Wildman–Crippen LogP) is 0.297. The number of carbonyl (C=O) groups is 1. The zero-order chi connectivity index (χ0) is 9.07. The highest BCUT2D eigenvalue weighted by atomic mass is 16.2. The SMILES string of the molecule is O=C/C=C/C#CC#C/C=C/CO. The van der Waals surface area contributed by atoms with E-state index in [0.29, 0.717) is 6.29 Å². The first-order chi connectivity index (χ1) is 5.91. The summed E-state index contributed by atoms with van der Waals surface area (Å²) in [5, 5.41) is 8.30. The molecule has 0 spiro atoms. The Bertz CT molecular complexity index is 289. The van der Waals surface area contributed by atoms with Crippen LogP contribution in [-0.4, -0.2) is 18.0 Å². The molecular formula is C10H8O2. The molecule has 0 rings (SSSR count). The quantitative estimate of drug-likeness (QED) is 0.358. The number of aldehydes is 1. The van der Waals surface area contributed by atoms with Gasteiger partial charge in [-0.1, -0.05) is 17.9 Å². The zero-order valence-electron chi connectivity index (χ0n) is 6.45. The van der Waals surface area contributed by atoms with Crippen LogP contribution in [0.15, 0.2) is 24.3 Å². The summed E-state index contributed by atoms with van der Waals surface area (Å²) in [6.07, 6.45) is 6.37. The number of hydrogen-bond acceptors (Lipinski definition) is 2. The average molecular weight is 160 g/mol. The van der Waals surface area contributed by atoms with E-state index in [1.54, 1.807) is 0 Å². The number of aliphatic hydroxyl groups is 1. The Hall–Kier alpha value is -1.77. The van der Waals surface area contributed by atoms with E-state index in [1.165, 1.54) is 24.3 Å². The fraction of sp³-hybridized carbons (Fsp3) is 0.100. The Balaban J connectivity index is 3.81. The lowest BCUT2D eigenvalue weighted by molar-refractivity contribution is -0.104. The maximum atomic E-state index is 9.75. The molecule has 0 aromatic heterocycles. The Kier molecular flexibility index (Phi) is 7.87. The molecule has 0 aliphatic rings. The zero-order valence-corrected chi connectivity index (χ0v) is 6.45. The van der Waals surface area contributed by atoms with Crippen LogP contribution in [0.1, 0.15) is 0 Å². The van der Waals surface area contributed by atoms with Gasteiger partial charge in [0.2, 0.25) is 0 Å². The number of allylic oxidation sites excluding steroid dienone is 3. The van der Waals surface area contributed by atoms with Crippen LogP contribution in [0.2, 0.25) is 0 Å². The van der Waals surface area contributed by atoms with Crippen LogP contribution in [0.5, 0.6) is 0 Å². The fourth-order valence-electron chi connectivity index (χ4n) is 0.355. The molecule has 0 aliphatic carbocycles. The summed E-state index contributed by atoms with van der Waals surface area (Å²) in [6.45, 7) is -0.0207. The molecule has 0 heterocycles. The fourth-order valence-corrected chi connectivity index (χ4v) is 0.355. The highest BCUT2D eigenvalue weighted by Crippen LogP contribution is 1.66. The van der Waals surface area contributed by atoms with Crippen molar-refractivity contribution in [3.05, 3.63) is 24.3 Å². The van der Waals surface area contributed by atoms with Gasteiger partial charge in [0.1, 0.15) is 6.29 Å². The van der Waals surface area contributed by atoms with Gasteiger partial charge < -0.3 is 5.11 Å². The molecule has 0 saturated carbocycles. The lowest BCUT2D eigenvalue weighted by Gasteiger charge is -1.68. The molecule has 2 heteroatoms. The van der Waals surface area contributed by atoms with Crippen LogP contribution in [0, 0.1) is 23.7 Å². The van der Waals surface area contributed by atoms with Gasteiger partial charge in [-0.3, -0.25) is 4.79 Å². The van der Waals surface area contributed by atoms with E-state index >= 15 is 0 Å². The lowest BCUT2D eigenvalue weighted by Crippen LogP contribution is -1.67. The molecule has 0 bridgehead atoms. The van der Waals surface area contributed by atoms with Gasteiger partial charge in [-0.05, 0) is 30.1 Å². The summed E-state index contributed by atoms with van der Waals surface area (Å²) in [7, 11) is 0. The number of carbonyl (C=O) groups excluding carboxylic acids is 1. The smallest absolute Gasteiger partial charge is 0.143 e. The summed E-state index contributed by atoms with van der Waals surface area (Å²) in [5.41, 5.74) is 0. The van der Waals surface area contributed by atoms with Crippen molar-refractivity contribution in [1.29, 1.82) is 0 Å². The van der Waals surface area contributed by atoms with Crippen LogP contribution in [-0.2, 0) is 4.79 Å². The van der Waals surface area contributed by atoms with Crippen molar-refractivity contribution in [2.75, 3.05) is 6.61 Å². The monoisotopic (exact) mass is 160 g/mol. The molecule has 12 heavy (non-hydrogen) atoms. The molecule has 2 nitrogen and oxygen atoms in total. The minimum Gasteiger partial charge on any atom is -0.392 e. The Morgan fingerprint density at radius 3 is 2.42 bits per heavy atom. The lowest BCUT2D eigenvalue weighted by atomic mass is 10.4. The first-order valence-corrected chi connectivity index (χ1v) is 3.29. The number of aliphatic hydroxyl groups excluding tert-OH is 1. The van der Waals surface area contributed by atoms with Crippen molar-refractivity contribution in [2.45, 2.75) is 0 Å². The molecule has 60 valence electrons. The van der Waals surface area contributed by atoms with Crippen LogP contribution in [0.4, 0.5) is 0 Å². The van der Waals surface area contributed by atoms with Gasteiger partial charge in [-0.2, -0.15) is 0 Å². The summed E-state index contributed by atoms with van der Waals surface area (Å²) in [6, 6.07) is 0. The van der Waals surface area contributed by atoms with Crippen LogP contribution < -0.4 is 0 Å². The van der Waals surface area contributed by atoms with Crippen molar-refractivity contribution < 1.29 is 9.90 Å². The molecule has 0 aromatic carbocycles. The van der Waals surface area contributed by atoms with E-state index in [9.17, 15) is 4.79 Å². The number of rotatable bonds is 2. The van der Waals surface area contributed by atoms with Crippen LogP contribution in [0.3, 0.4) is 0 Å². The van der Waals surface area contributed by atoms with Gasteiger partial charge in [-0.25, -0.2) is 0 Å². The normalized spacial score (nSPS) is 8.75. The molecule has 0 aromatic rings. The third kappa shape index (κ3) is 8.23. The van der Waals surface area contributed by atoms with Crippen molar-refractivity contribution in [1.82, 2.24) is 0 Å². The highest BCUT2D eigenvalue weighted by molar-refractivity contribution is 5.65. The summed E-state index contributed by atoms with van der Waals surface area (Å²) in [5.74, 6) is 10.1. The van der Waals surface area contributed by atoms with Gasteiger partial charge in [0.25, 0.3) is 0 Å². The second-order valence-electron chi connectivity index (χ2n) is 1.62. The maximum absolute atomic E-state index is 9.75. The minimum atomic E-state index is -0.0207. The predicted molar refractivity (Wildman–Crippen MR) is 47.0 cm³/mol. The molecule has 0 unspecified atom stereocenters. The van der Waals surface area contributed by atoms with Gasteiger partial charge >= 0.3 is 0 Å². The van der Waals surface area contributed by atoms with E-state index < -0.39 is 0 Å². The largest absolute Gasteiger partial charge is 0.392 e. The van der Waals surface area contributed by atoms with E-state index in [4.69, 9.17) is 5.11 Å². The summed E-state index contributed by atoms with van der Waals surface area (Å²) < 4.78 is 0. The second kappa shape index (κ2) is 9.23. The van der Waals surface area contributed by atoms with Crippen LogP contribution in [0.25, 0.3) is 0 Å². The van der Waals surface area contributed by atoms with Crippen molar-refractivity contribution in [3.8, 4) is 23.7 Å². The average Bonchev–Trinajstić information content (AvgIpc) is 2.10. The molecule has 0 radical (unpaired) electrons. The molecule has 0 saturated heterocycles. The van der Waals surface area contributed by atoms with Gasteiger partial charge in [-0.15, -0.1) is 0 Å². The van der Waals surface area contributed by atoms with Crippen molar-refractivity contribution >= 4 is 6.29 Å². The van der Waals surface area contributed by atoms with E-state index in [1.807, 2.05) is 0 Å². The Labute approximate surface area is 71.6 Å². The van der Waals surface area contributed by atoms with Crippen molar-refractivity contribution in [2.24, 2.45) is 0 Å². The minimum absolute atomic E-state index is 0.0207. The van der Waals surface area contributed by atoms with E-state index in [0.717, 1.165) is 0 Å². The van der Waals surface area contributed by atoms with Gasteiger partial charge in [0, 0.05) is 0 Å². The maximum Gasteiger partial charge on any atom is 0.143 e. The van der Waals surface area contributed by atoms with Gasteiger partial charge in [0.15, 0.2) is 0 Å². The summed E-state index contributed by atoms with van der Waals surface area (Å²) >= 11 is 0. The topological polar surface area (TPSA) is 37.3 Å². The standard InChI is InChI=1S/C10H8O2/c11-9-7-5-3-1-2-4-6-8-10-12/h5-9,12H,10H2/b7-5+,8-6+. The molecule has 0 aliphatic heterocycles. The molecule has 0 atom stereocenters. The third-order valence-electron chi connectivity index (χ3n) is 0.772. The van der Waals surface area contributed by atoms with E-state index in [-0.39, 0.29) is 6.61 Å². The molecule has 1 N–H and O–H groups in total. The summed E-state index contributed by atoms with van der Waals surface area (Å²) in [4.78, 5) is 9.75. The highest BCUT2D eigenvalue weighted by Gasteiger charge is 1.60. The number of hydrogen-bond donors (Lipinski definition) is 1. The first-order valence-electron chi connectivity index (χ1n) is 3.29. The molecule has 0 fully saturated rings. The van der Waals surface area contributed by atoms with Gasteiger partial charge in [0.05, 0.1) is 6.61 Å². The van der Waals surface area contributed by atoms with Crippen molar-refractivity contribution in [3.63, 3.8) is 0 Å². The Morgan fingerprint density at radius 1 is 1.17 bits per heavy atom. The Morgan fingerprint density at radius 2 is 1.83 bits per heavy atom. The molecular weight excluding hydrogens is 152 g/mol. The first kappa shape index (κ1) is 10.2. The third-order valence-corrected chi connectivity index (χ3v) is 0.772. The second-order valence-corrected chi connectivity index (χ2v) is 1.62. The van der Waals surface area contributed by atoms with Crippen LogP contribution >= 0.6 is 0 Å². The van der Waals surface area contributed by atoms with E-state index in [2.05, 4.69) is 23.7 Å². The molecule has 0 amide bonds.